The quantitative estimate of drug-likeness (QED) is 0.142. The highest BCUT2D eigenvalue weighted by Gasteiger charge is 2.35. The zero-order valence-electron chi connectivity index (χ0n) is 36.0. The van der Waals surface area contributed by atoms with E-state index in [0.717, 1.165) is 149 Å². The number of pyridine rings is 2. The van der Waals surface area contributed by atoms with Crippen molar-refractivity contribution in [2.75, 3.05) is 79.1 Å². The van der Waals surface area contributed by atoms with E-state index in [2.05, 4.69) is 110 Å². The summed E-state index contributed by atoms with van der Waals surface area (Å²) in [5.41, 5.74) is 8.16. The monoisotopic (exact) mass is 861 g/mol. The Bertz CT molecular complexity index is 2170. The maximum Gasteiger partial charge on any atom is 0.135 e. The second kappa shape index (κ2) is 20.4. The molecule has 0 unspecified atom stereocenters. The van der Waals surface area contributed by atoms with Gasteiger partial charge in [0, 0.05) is 79.7 Å². The van der Waals surface area contributed by atoms with Gasteiger partial charge in [-0.3, -0.25) is 0 Å². The number of thioether (sulfide) groups is 3. The van der Waals surface area contributed by atoms with Crippen LogP contribution < -0.4 is 9.80 Å². The normalized spacial score (nSPS) is 18.5. The predicted octanol–water partition coefficient (Wildman–Crippen LogP) is 8.97. The van der Waals surface area contributed by atoms with Crippen LogP contribution in [0.2, 0.25) is 0 Å². The van der Waals surface area contributed by atoms with E-state index in [4.69, 9.17) is 19.4 Å². The van der Waals surface area contributed by atoms with Crippen LogP contribution in [-0.4, -0.2) is 95.4 Å². The Morgan fingerprint density at radius 1 is 0.633 bits per heavy atom. The number of rotatable bonds is 10. The fourth-order valence-corrected chi connectivity index (χ4v) is 11.2. The summed E-state index contributed by atoms with van der Waals surface area (Å²) >= 11 is 5.42. The lowest BCUT2D eigenvalue weighted by Crippen LogP contribution is -2.38. The lowest BCUT2D eigenvalue weighted by atomic mass is 9.89. The smallest absolute Gasteiger partial charge is 0.135 e. The van der Waals surface area contributed by atoms with Crippen LogP contribution in [0.15, 0.2) is 70.7 Å². The summed E-state index contributed by atoms with van der Waals surface area (Å²) in [4.78, 5) is 17.3. The third-order valence-electron chi connectivity index (χ3n) is 11.6. The van der Waals surface area contributed by atoms with E-state index >= 15 is 0 Å². The average Bonchev–Trinajstić information content (AvgIpc) is 3.47. The number of aromatic nitrogens is 2. The van der Waals surface area contributed by atoms with Crippen LogP contribution in [0.25, 0.3) is 0 Å². The van der Waals surface area contributed by atoms with Gasteiger partial charge in [-0.05, 0) is 82.8 Å². The largest absolute Gasteiger partial charge is 0.370 e. The van der Waals surface area contributed by atoms with E-state index in [1.165, 1.54) is 11.1 Å². The zero-order chi connectivity index (χ0) is 42.1. The summed E-state index contributed by atoms with van der Waals surface area (Å²) in [7, 11) is 2.18. The lowest BCUT2D eigenvalue weighted by Gasteiger charge is -2.36. The third kappa shape index (κ3) is 11.2. The Labute approximate surface area is 370 Å². The molecular formula is C48H59N7O2S3. The Morgan fingerprint density at radius 2 is 1.10 bits per heavy atom. The first kappa shape index (κ1) is 44.3. The number of nitrogens with zero attached hydrogens (tertiary/aromatic N) is 7. The maximum absolute atomic E-state index is 10.1. The molecule has 0 bridgehead atoms. The molecule has 2 saturated heterocycles. The van der Waals surface area contributed by atoms with Crippen molar-refractivity contribution in [2.45, 2.75) is 94.3 Å². The van der Waals surface area contributed by atoms with Crippen LogP contribution in [0.5, 0.6) is 0 Å². The van der Waals surface area contributed by atoms with E-state index < -0.39 is 0 Å². The van der Waals surface area contributed by atoms with Gasteiger partial charge in [0.05, 0.1) is 35.5 Å². The second-order valence-corrected chi connectivity index (χ2v) is 20.6. The number of nitriles is 2. The molecule has 0 aliphatic carbocycles. The summed E-state index contributed by atoms with van der Waals surface area (Å²) in [6, 6.07) is 26.0. The summed E-state index contributed by atoms with van der Waals surface area (Å²) in [5, 5.41) is 21.8. The number of benzene rings is 2. The van der Waals surface area contributed by atoms with Crippen LogP contribution in [0, 0.1) is 22.7 Å². The fraction of sp³-hybridized carbons (Fsp3) is 0.500. The summed E-state index contributed by atoms with van der Waals surface area (Å²) in [5.74, 6) is 6.14. The first-order valence-corrected chi connectivity index (χ1v) is 24.5. The van der Waals surface area contributed by atoms with Crippen LogP contribution in [0.3, 0.4) is 0 Å². The van der Waals surface area contributed by atoms with Crippen molar-refractivity contribution in [2.24, 2.45) is 0 Å². The van der Waals surface area contributed by atoms with Crippen LogP contribution in [-0.2, 0) is 48.4 Å². The molecule has 8 rings (SSSR count). The molecule has 6 heterocycles. The summed E-state index contributed by atoms with van der Waals surface area (Å²) in [6.07, 6.45) is 4.57. The van der Waals surface area contributed by atoms with Gasteiger partial charge in [0.1, 0.15) is 33.8 Å². The van der Waals surface area contributed by atoms with Crippen molar-refractivity contribution in [3.8, 4) is 12.1 Å². The van der Waals surface area contributed by atoms with Crippen molar-refractivity contribution in [3.63, 3.8) is 0 Å². The molecule has 2 aromatic heterocycles. The van der Waals surface area contributed by atoms with Gasteiger partial charge in [0.2, 0.25) is 0 Å². The van der Waals surface area contributed by atoms with E-state index in [9.17, 15) is 10.5 Å². The van der Waals surface area contributed by atoms with Crippen molar-refractivity contribution in [1.82, 2.24) is 14.9 Å². The molecule has 316 valence electrons. The summed E-state index contributed by atoms with van der Waals surface area (Å²) < 4.78 is 12.3. The second-order valence-electron chi connectivity index (χ2n) is 17.2. The fourth-order valence-electron chi connectivity index (χ4n) is 8.27. The molecule has 2 aromatic carbocycles. The van der Waals surface area contributed by atoms with Crippen molar-refractivity contribution < 1.29 is 9.47 Å². The molecule has 4 aliphatic rings. The number of hydrogen-bond donors (Lipinski definition) is 0. The van der Waals surface area contributed by atoms with E-state index in [0.29, 0.717) is 13.2 Å². The molecule has 0 N–H and O–H groups in total. The molecule has 60 heavy (non-hydrogen) atoms. The molecule has 0 radical (unpaired) electrons. The molecule has 9 nitrogen and oxygen atoms in total. The maximum atomic E-state index is 10.1. The van der Waals surface area contributed by atoms with Gasteiger partial charge in [-0.1, -0.05) is 60.7 Å². The van der Waals surface area contributed by atoms with Crippen LogP contribution in [0.1, 0.15) is 78.6 Å². The van der Waals surface area contributed by atoms with Crippen molar-refractivity contribution in [1.29, 1.82) is 10.5 Å². The van der Waals surface area contributed by atoms with E-state index in [1.54, 1.807) is 23.5 Å². The molecule has 4 aromatic rings. The molecule has 0 atom stereocenters. The Hall–Kier alpha value is -3.75. The minimum absolute atomic E-state index is 0.249. The zero-order valence-corrected chi connectivity index (χ0v) is 38.4. The average molecular weight is 862 g/mol. The number of anilines is 2. The molecule has 0 spiro atoms. The molecule has 0 saturated carbocycles. The van der Waals surface area contributed by atoms with Gasteiger partial charge in [-0.2, -0.15) is 22.3 Å². The Balaban J connectivity index is 0.000000182. The summed E-state index contributed by atoms with van der Waals surface area (Å²) in [6.45, 7) is 15.6. The van der Waals surface area contributed by atoms with Crippen molar-refractivity contribution in [3.05, 3.63) is 105 Å². The van der Waals surface area contributed by atoms with Crippen LogP contribution >= 0.6 is 35.3 Å². The number of aryl methyl sites for hydroxylation is 2. The Morgan fingerprint density at radius 3 is 1.57 bits per heavy atom. The minimum atomic E-state index is -0.262. The molecule has 2 fully saturated rings. The van der Waals surface area contributed by atoms with Gasteiger partial charge >= 0.3 is 0 Å². The molecule has 0 amide bonds. The van der Waals surface area contributed by atoms with Gasteiger partial charge in [-0.15, -0.1) is 23.5 Å². The highest BCUT2D eigenvalue weighted by molar-refractivity contribution is 7.99. The third-order valence-corrected chi connectivity index (χ3v) is 14.5. The van der Waals surface area contributed by atoms with E-state index in [-0.39, 0.29) is 11.2 Å². The van der Waals surface area contributed by atoms with Gasteiger partial charge in [0.25, 0.3) is 0 Å². The highest BCUT2D eigenvalue weighted by Crippen LogP contribution is 2.41. The number of fused-ring (bicyclic) bond motifs is 2. The minimum Gasteiger partial charge on any atom is -0.370 e. The first-order chi connectivity index (χ1) is 29.0. The van der Waals surface area contributed by atoms with Crippen molar-refractivity contribution >= 4 is 46.9 Å². The van der Waals surface area contributed by atoms with Gasteiger partial charge in [0.15, 0.2) is 0 Å². The van der Waals surface area contributed by atoms with E-state index in [1.807, 2.05) is 23.9 Å². The topological polar surface area (TPSA) is 102 Å². The molecule has 4 aliphatic heterocycles. The number of likely N-dealkylation sites (N-methyl/N-ethyl adjacent to an activating group) is 1. The SMILES string of the molecule is CC1(C)Cc2c(C#N)c(SCCc3ccccc3)nc(N3CCSCC3)c2CO1.CN1CCCN(c2nc(SCCc3ccccc3)c(C#N)c3c2COC(C)(C)C3)CC1. The lowest BCUT2D eigenvalue weighted by molar-refractivity contribution is -0.0404. The van der Waals surface area contributed by atoms with Gasteiger partial charge < -0.3 is 24.2 Å². The number of ether oxygens (including phenoxy) is 2. The standard InChI is InChI=1S/C25H32N4OS.C23H27N3OS2/c1-25(2)16-20-21(17-26)24(31-15-10-19-8-5-4-6-9-19)27-23(22(20)18-30-25)29-12-7-11-28(3)13-14-29;1-23(2)14-18-19(15-24)22(29-11-8-17-6-4-3-5-7-17)25-21(20(18)16-27-23)26-9-12-28-13-10-26/h4-6,8-9H,7,10-16,18H2,1-3H3;3-7H,8-14,16H2,1-2H3. The molecular weight excluding hydrogens is 803 g/mol. The van der Waals surface area contributed by atoms with Crippen LogP contribution in [0.4, 0.5) is 11.6 Å². The number of hydrogen-bond acceptors (Lipinski definition) is 12. The van der Waals surface area contributed by atoms with Gasteiger partial charge in [-0.25, -0.2) is 9.97 Å². The predicted molar refractivity (Wildman–Crippen MR) is 249 cm³/mol. The molecule has 12 heteroatoms. The Kier molecular flexibility index (Phi) is 15.1. The first-order valence-electron chi connectivity index (χ1n) is 21.3. The highest BCUT2D eigenvalue weighted by atomic mass is 32.2.